The van der Waals surface area contributed by atoms with Gasteiger partial charge < -0.3 is 11.1 Å². The number of benzene rings is 1. The maximum Gasteiger partial charge on any atom is 0.239 e. The maximum absolute atomic E-state index is 11.4. The molecule has 0 saturated carbocycles. The molecule has 2 amide bonds. The summed E-state index contributed by atoms with van der Waals surface area (Å²) in [5.41, 5.74) is 6.19. The average molecular weight is 219 g/mol. The van der Waals surface area contributed by atoms with Crippen molar-refractivity contribution in [1.29, 1.82) is 0 Å². The molecular weight excluding hydrogens is 206 g/mol. The van der Waals surface area contributed by atoms with Crippen molar-refractivity contribution in [2.45, 2.75) is 6.04 Å². The van der Waals surface area contributed by atoms with Crippen LogP contribution in [0.3, 0.4) is 0 Å². The van der Waals surface area contributed by atoms with Crippen LogP contribution in [0.4, 0.5) is 0 Å². The number of amides is 2. The number of hydrogen-bond donors (Lipinski definition) is 2. The SMILES string of the molecule is NC(=O)C(c1ccccc1)N1CNC(=O)C1. The highest BCUT2D eigenvalue weighted by Crippen LogP contribution is 2.20. The predicted molar refractivity (Wildman–Crippen MR) is 58.1 cm³/mol. The van der Waals surface area contributed by atoms with Crippen LogP contribution in [0.25, 0.3) is 0 Å². The third-order valence-corrected chi connectivity index (χ3v) is 2.58. The molecule has 84 valence electrons. The molecule has 1 aromatic rings. The number of hydrogen-bond acceptors (Lipinski definition) is 3. The predicted octanol–water partition coefficient (Wildman–Crippen LogP) is -0.398. The molecule has 0 bridgehead atoms. The number of nitrogens with one attached hydrogen (secondary N) is 1. The van der Waals surface area contributed by atoms with Crippen LogP contribution in [0.5, 0.6) is 0 Å². The topological polar surface area (TPSA) is 75.4 Å². The fraction of sp³-hybridized carbons (Fsp3) is 0.273. The van der Waals surface area contributed by atoms with E-state index in [4.69, 9.17) is 5.73 Å². The molecular formula is C11H13N3O2. The number of primary amides is 1. The van der Waals surface area contributed by atoms with Gasteiger partial charge in [-0.3, -0.25) is 14.5 Å². The Kier molecular flexibility index (Phi) is 2.87. The van der Waals surface area contributed by atoms with E-state index in [1.54, 1.807) is 4.90 Å². The van der Waals surface area contributed by atoms with Gasteiger partial charge in [-0.1, -0.05) is 30.3 Å². The van der Waals surface area contributed by atoms with Gasteiger partial charge in [-0.2, -0.15) is 0 Å². The molecule has 1 aliphatic rings. The molecule has 0 spiro atoms. The Labute approximate surface area is 93.2 Å². The lowest BCUT2D eigenvalue weighted by atomic mass is 10.1. The van der Waals surface area contributed by atoms with Crippen molar-refractivity contribution in [3.8, 4) is 0 Å². The average Bonchev–Trinajstić information content (AvgIpc) is 2.66. The van der Waals surface area contributed by atoms with E-state index in [0.717, 1.165) is 5.56 Å². The van der Waals surface area contributed by atoms with Crippen molar-refractivity contribution in [2.75, 3.05) is 13.2 Å². The summed E-state index contributed by atoms with van der Waals surface area (Å²) in [5.74, 6) is -0.523. The lowest BCUT2D eigenvalue weighted by molar-refractivity contribution is -0.123. The van der Waals surface area contributed by atoms with Gasteiger partial charge in [0.2, 0.25) is 11.8 Å². The van der Waals surface area contributed by atoms with Gasteiger partial charge in [0.15, 0.2) is 0 Å². The Morgan fingerprint density at radius 1 is 1.38 bits per heavy atom. The van der Waals surface area contributed by atoms with Gasteiger partial charge in [-0.15, -0.1) is 0 Å². The first-order valence-electron chi connectivity index (χ1n) is 5.03. The molecule has 0 aromatic heterocycles. The molecule has 1 aromatic carbocycles. The van der Waals surface area contributed by atoms with E-state index in [0.29, 0.717) is 6.67 Å². The Morgan fingerprint density at radius 3 is 2.56 bits per heavy atom. The lowest BCUT2D eigenvalue weighted by Gasteiger charge is -2.23. The van der Waals surface area contributed by atoms with Crippen molar-refractivity contribution < 1.29 is 9.59 Å². The summed E-state index contributed by atoms with van der Waals surface area (Å²) < 4.78 is 0. The first-order chi connectivity index (χ1) is 7.68. The zero-order valence-corrected chi connectivity index (χ0v) is 8.72. The standard InChI is InChI=1S/C11H13N3O2/c12-11(16)10(8-4-2-1-3-5-8)14-6-9(15)13-7-14/h1-5,10H,6-7H2,(H2,12,16)(H,13,15). The second-order valence-electron chi connectivity index (χ2n) is 3.72. The summed E-state index contributed by atoms with van der Waals surface area (Å²) in [7, 11) is 0. The summed E-state index contributed by atoms with van der Waals surface area (Å²) in [4.78, 5) is 24.3. The van der Waals surface area contributed by atoms with E-state index >= 15 is 0 Å². The third-order valence-electron chi connectivity index (χ3n) is 2.58. The Balaban J connectivity index is 2.25. The lowest BCUT2D eigenvalue weighted by Crippen LogP contribution is -2.37. The monoisotopic (exact) mass is 219 g/mol. The molecule has 1 unspecified atom stereocenters. The Morgan fingerprint density at radius 2 is 2.06 bits per heavy atom. The van der Waals surface area contributed by atoms with Crippen LogP contribution in [0.1, 0.15) is 11.6 Å². The van der Waals surface area contributed by atoms with Gasteiger partial charge in [0.25, 0.3) is 0 Å². The van der Waals surface area contributed by atoms with Crippen LogP contribution < -0.4 is 11.1 Å². The van der Waals surface area contributed by atoms with Crippen LogP contribution in [0.2, 0.25) is 0 Å². The van der Waals surface area contributed by atoms with Gasteiger partial charge in [0.1, 0.15) is 6.04 Å². The normalized spacial score (nSPS) is 18.1. The smallest absolute Gasteiger partial charge is 0.239 e. The van der Waals surface area contributed by atoms with E-state index in [-0.39, 0.29) is 12.5 Å². The minimum absolute atomic E-state index is 0.0813. The van der Waals surface area contributed by atoms with Gasteiger partial charge in [0, 0.05) is 0 Å². The molecule has 1 heterocycles. The van der Waals surface area contributed by atoms with Crippen LogP contribution >= 0.6 is 0 Å². The molecule has 3 N–H and O–H groups in total. The largest absolute Gasteiger partial charge is 0.368 e. The fourth-order valence-corrected chi connectivity index (χ4v) is 1.86. The molecule has 2 rings (SSSR count). The minimum Gasteiger partial charge on any atom is -0.368 e. The van der Waals surface area contributed by atoms with Gasteiger partial charge in [-0.25, -0.2) is 0 Å². The molecule has 0 radical (unpaired) electrons. The zero-order valence-electron chi connectivity index (χ0n) is 8.72. The van der Waals surface area contributed by atoms with Crippen LogP contribution in [0.15, 0.2) is 30.3 Å². The highest BCUT2D eigenvalue weighted by molar-refractivity contribution is 5.84. The minimum atomic E-state index is -0.542. The fourth-order valence-electron chi connectivity index (χ4n) is 1.86. The molecule has 5 heteroatoms. The third kappa shape index (κ3) is 2.04. The second kappa shape index (κ2) is 4.32. The summed E-state index contributed by atoms with van der Waals surface area (Å²) in [5, 5.41) is 2.65. The van der Waals surface area contributed by atoms with Crippen molar-refractivity contribution in [2.24, 2.45) is 5.73 Å². The van der Waals surface area contributed by atoms with Crippen molar-refractivity contribution in [1.82, 2.24) is 10.2 Å². The number of nitrogens with zero attached hydrogens (tertiary/aromatic N) is 1. The molecule has 5 nitrogen and oxygen atoms in total. The van der Waals surface area contributed by atoms with E-state index in [1.807, 2.05) is 30.3 Å². The first-order valence-corrected chi connectivity index (χ1v) is 5.03. The van der Waals surface area contributed by atoms with Gasteiger partial charge >= 0.3 is 0 Å². The molecule has 1 atom stereocenters. The summed E-state index contributed by atoms with van der Waals surface area (Å²) in [6.45, 7) is 0.573. The summed E-state index contributed by atoms with van der Waals surface area (Å²) in [6, 6.07) is 8.68. The van der Waals surface area contributed by atoms with E-state index in [1.165, 1.54) is 0 Å². The van der Waals surface area contributed by atoms with Gasteiger partial charge in [0.05, 0.1) is 13.2 Å². The number of rotatable bonds is 3. The summed E-state index contributed by atoms with van der Waals surface area (Å²) >= 11 is 0. The molecule has 1 saturated heterocycles. The molecule has 1 aliphatic heterocycles. The molecule has 16 heavy (non-hydrogen) atoms. The van der Waals surface area contributed by atoms with Crippen molar-refractivity contribution >= 4 is 11.8 Å². The number of carbonyl (C=O) groups excluding carboxylic acids is 2. The number of carbonyl (C=O) groups is 2. The highest BCUT2D eigenvalue weighted by atomic mass is 16.2. The summed E-state index contributed by atoms with van der Waals surface area (Å²) in [6.07, 6.45) is 0. The van der Waals surface area contributed by atoms with E-state index < -0.39 is 11.9 Å². The Hall–Kier alpha value is -1.88. The van der Waals surface area contributed by atoms with E-state index in [9.17, 15) is 9.59 Å². The first kappa shape index (κ1) is 10.6. The number of nitrogens with two attached hydrogens (primary N) is 1. The molecule has 1 fully saturated rings. The highest BCUT2D eigenvalue weighted by Gasteiger charge is 2.30. The van der Waals surface area contributed by atoms with Crippen LogP contribution in [-0.4, -0.2) is 29.9 Å². The van der Waals surface area contributed by atoms with Crippen LogP contribution in [0, 0.1) is 0 Å². The quantitative estimate of drug-likeness (QED) is 0.726. The second-order valence-corrected chi connectivity index (χ2v) is 3.72. The Bertz CT molecular complexity index is 405. The van der Waals surface area contributed by atoms with Crippen LogP contribution in [-0.2, 0) is 9.59 Å². The zero-order chi connectivity index (χ0) is 11.5. The van der Waals surface area contributed by atoms with Gasteiger partial charge in [-0.05, 0) is 5.56 Å². The maximum atomic E-state index is 11.4. The molecule has 0 aliphatic carbocycles. The van der Waals surface area contributed by atoms with Crippen molar-refractivity contribution in [3.05, 3.63) is 35.9 Å². The van der Waals surface area contributed by atoms with Crippen molar-refractivity contribution in [3.63, 3.8) is 0 Å². The van der Waals surface area contributed by atoms with E-state index in [2.05, 4.69) is 5.32 Å².